The Hall–Kier alpha value is -1.39. The van der Waals surface area contributed by atoms with Crippen molar-refractivity contribution in [3.05, 3.63) is 11.9 Å². The number of rotatable bonds is 1. The summed E-state index contributed by atoms with van der Waals surface area (Å²) in [5.41, 5.74) is 0.233. The van der Waals surface area contributed by atoms with E-state index in [1.807, 2.05) is 20.8 Å². The molecule has 0 aliphatic rings. The van der Waals surface area contributed by atoms with Gasteiger partial charge in [-0.3, -0.25) is 4.79 Å². The quantitative estimate of drug-likeness (QED) is 0.681. The summed E-state index contributed by atoms with van der Waals surface area (Å²) in [5, 5.41) is 10.1. The van der Waals surface area contributed by atoms with Gasteiger partial charge in [0.05, 0.1) is 6.20 Å². The Morgan fingerprint density at radius 3 is 2.54 bits per heavy atom. The third-order valence-corrected chi connectivity index (χ3v) is 1.44. The van der Waals surface area contributed by atoms with Gasteiger partial charge in [0.2, 0.25) is 0 Å². The van der Waals surface area contributed by atoms with E-state index in [1.54, 1.807) is 7.05 Å². The van der Waals surface area contributed by atoms with Crippen LogP contribution < -0.4 is 5.32 Å². The molecule has 0 spiro atoms. The van der Waals surface area contributed by atoms with E-state index in [1.165, 1.54) is 10.9 Å². The zero-order chi connectivity index (χ0) is 10.1. The van der Waals surface area contributed by atoms with Crippen molar-refractivity contribution < 1.29 is 4.79 Å². The number of aryl methyl sites for hydroxylation is 1. The molecule has 0 aliphatic heterocycles. The van der Waals surface area contributed by atoms with Crippen LogP contribution in [0.1, 0.15) is 31.3 Å². The Kier molecular flexibility index (Phi) is 2.36. The van der Waals surface area contributed by atoms with Crippen LogP contribution in [-0.4, -0.2) is 26.4 Å². The molecule has 1 N–H and O–H groups in total. The molecule has 0 aromatic carbocycles. The van der Waals surface area contributed by atoms with Crippen molar-refractivity contribution >= 4 is 5.91 Å². The minimum Gasteiger partial charge on any atom is -0.346 e. The highest BCUT2D eigenvalue weighted by Gasteiger charge is 2.17. The smallest absolute Gasteiger partial charge is 0.271 e. The highest BCUT2D eigenvalue weighted by molar-refractivity contribution is 5.92. The Bertz CT molecular complexity index is 310. The average Bonchev–Trinajstić information content (AvgIpc) is 2.30. The normalized spacial score (nSPS) is 11.4. The number of amides is 1. The number of carbonyl (C=O) groups excluding carboxylic acids is 1. The maximum Gasteiger partial charge on any atom is 0.271 e. The minimum atomic E-state index is -0.235. The van der Waals surface area contributed by atoms with Crippen molar-refractivity contribution in [1.29, 1.82) is 0 Å². The molecular weight excluding hydrogens is 168 g/mol. The van der Waals surface area contributed by atoms with Crippen molar-refractivity contribution in [2.24, 2.45) is 7.05 Å². The monoisotopic (exact) mass is 182 g/mol. The van der Waals surface area contributed by atoms with Gasteiger partial charge in [0, 0.05) is 12.6 Å². The second-order valence-electron chi connectivity index (χ2n) is 3.95. The minimum absolute atomic E-state index is 0.153. The lowest BCUT2D eigenvalue weighted by atomic mass is 10.1. The van der Waals surface area contributed by atoms with Gasteiger partial charge in [-0.05, 0) is 20.8 Å². The fraction of sp³-hybridized carbons (Fsp3) is 0.625. The summed E-state index contributed by atoms with van der Waals surface area (Å²) in [7, 11) is 1.69. The molecule has 13 heavy (non-hydrogen) atoms. The fourth-order valence-corrected chi connectivity index (χ4v) is 0.900. The molecule has 72 valence electrons. The molecule has 0 atom stereocenters. The molecule has 0 unspecified atom stereocenters. The molecule has 0 fully saturated rings. The predicted octanol–water partition coefficient (Wildman–Crippen LogP) is 0.343. The lowest BCUT2D eigenvalue weighted by Gasteiger charge is -2.19. The lowest BCUT2D eigenvalue weighted by molar-refractivity contribution is 0.0910. The molecule has 5 heteroatoms. The summed E-state index contributed by atoms with van der Waals surface area (Å²) >= 11 is 0. The van der Waals surface area contributed by atoms with Gasteiger partial charge in [0.25, 0.3) is 5.91 Å². The third-order valence-electron chi connectivity index (χ3n) is 1.44. The number of aromatic nitrogens is 3. The van der Waals surface area contributed by atoms with Crippen molar-refractivity contribution in [2.45, 2.75) is 26.3 Å². The molecule has 1 heterocycles. The third kappa shape index (κ3) is 2.54. The summed E-state index contributed by atoms with van der Waals surface area (Å²) in [5.74, 6) is -0.153. The van der Waals surface area contributed by atoms with E-state index in [0.29, 0.717) is 5.69 Å². The second kappa shape index (κ2) is 3.16. The Labute approximate surface area is 77.1 Å². The van der Waals surface area contributed by atoms with Crippen LogP contribution in [0.4, 0.5) is 0 Å². The second-order valence-corrected chi connectivity index (χ2v) is 3.95. The Balaban J connectivity index is 2.76. The molecule has 0 aliphatic carbocycles. The van der Waals surface area contributed by atoms with Crippen LogP contribution in [0.5, 0.6) is 0 Å². The highest BCUT2D eigenvalue weighted by Crippen LogP contribution is 2.01. The van der Waals surface area contributed by atoms with Gasteiger partial charge in [-0.2, -0.15) is 0 Å². The van der Waals surface area contributed by atoms with Crippen LogP contribution in [0.25, 0.3) is 0 Å². The van der Waals surface area contributed by atoms with E-state index in [4.69, 9.17) is 0 Å². The summed E-state index contributed by atoms with van der Waals surface area (Å²) in [6.07, 6.45) is 1.45. The Morgan fingerprint density at radius 2 is 2.15 bits per heavy atom. The standard InChI is InChI=1S/C8H14N4O/c1-8(2,3)10-7(13)6-5-9-11-12(6)4/h5H,1-4H3,(H,10,13). The average molecular weight is 182 g/mol. The van der Waals surface area contributed by atoms with Gasteiger partial charge in [-0.15, -0.1) is 5.10 Å². The Morgan fingerprint density at radius 1 is 1.54 bits per heavy atom. The topological polar surface area (TPSA) is 59.8 Å². The number of nitrogens with zero attached hydrogens (tertiary/aromatic N) is 3. The number of hydrogen-bond donors (Lipinski definition) is 1. The first kappa shape index (κ1) is 9.70. The lowest BCUT2D eigenvalue weighted by Crippen LogP contribution is -2.41. The first-order valence-electron chi connectivity index (χ1n) is 4.07. The molecule has 1 aromatic rings. The molecule has 0 saturated heterocycles. The predicted molar refractivity (Wildman–Crippen MR) is 48.2 cm³/mol. The van der Waals surface area contributed by atoms with Crippen molar-refractivity contribution in [1.82, 2.24) is 20.3 Å². The maximum absolute atomic E-state index is 11.5. The molecule has 1 rings (SSSR count). The van der Waals surface area contributed by atoms with Gasteiger partial charge in [-0.25, -0.2) is 4.68 Å². The van der Waals surface area contributed by atoms with E-state index in [0.717, 1.165) is 0 Å². The van der Waals surface area contributed by atoms with Gasteiger partial charge >= 0.3 is 0 Å². The molecule has 5 nitrogen and oxygen atoms in total. The summed E-state index contributed by atoms with van der Waals surface area (Å²) in [4.78, 5) is 11.5. The molecular formula is C8H14N4O. The van der Waals surface area contributed by atoms with Gasteiger partial charge in [0.1, 0.15) is 5.69 Å². The van der Waals surface area contributed by atoms with Crippen molar-refractivity contribution in [3.63, 3.8) is 0 Å². The summed E-state index contributed by atoms with van der Waals surface area (Å²) < 4.78 is 1.45. The number of carbonyl (C=O) groups is 1. The molecule has 0 saturated carbocycles. The number of hydrogen-bond acceptors (Lipinski definition) is 3. The molecule has 0 bridgehead atoms. The van der Waals surface area contributed by atoms with Crippen LogP contribution in [-0.2, 0) is 7.05 Å². The van der Waals surface area contributed by atoms with Gasteiger partial charge in [0.15, 0.2) is 0 Å². The maximum atomic E-state index is 11.5. The first-order chi connectivity index (χ1) is 5.90. The van der Waals surface area contributed by atoms with E-state index >= 15 is 0 Å². The van der Waals surface area contributed by atoms with Crippen LogP contribution >= 0.6 is 0 Å². The summed E-state index contributed by atoms with van der Waals surface area (Å²) in [6.45, 7) is 5.78. The zero-order valence-electron chi connectivity index (χ0n) is 8.33. The fourth-order valence-electron chi connectivity index (χ4n) is 0.900. The molecule has 0 radical (unpaired) electrons. The van der Waals surface area contributed by atoms with Crippen LogP contribution in [0.15, 0.2) is 6.20 Å². The van der Waals surface area contributed by atoms with E-state index < -0.39 is 0 Å². The van der Waals surface area contributed by atoms with E-state index in [9.17, 15) is 4.79 Å². The van der Waals surface area contributed by atoms with Crippen LogP contribution in [0.3, 0.4) is 0 Å². The van der Waals surface area contributed by atoms with E-state index in [2.05, 4.69) is 15.6 Å². The van der Waals surface area contributed by atoms with Crippen LogP contribution in [0.2, 0.25) is 0 Å². The zero-order valence-corrected chi connectivity index (χ0v) is 8.33. The highest BCUT2D eigenvalue weighted by atomic mass is 16.2. The van der Waals surface area contributed by atoms with Gasteiger partial charge in [-0.1, -0.05) is 5.21 Å². The summed E-state index contributed by atoms with van der Waals surface area (Å²) in [6, 6.07) is 0. The van der Waals surface area contributed by atoms with Crippen molar-refractivity contribution in [2.75, 3.05) is 0 Å². The van der Waals surface area contributed by atoms with Crippen LogP contribution in [0, 0.1) is 0 Å². The SMILES string of the molecule is Cn1nncc1C(=O)NC(C)(C)C. The largest absolute Gasteiger partial charge is 0.346 e. The van der Waals surface area contributed by atoms with Crippen molar-refractivity contribution in [3.8, 4) is 0 Å². The molecule has 1 amide bonds. The van der Waals surface area contributed by atoms with E-state index in [-0.39, 0.29) is 11.4 Å². The first-order valence-corrected chi connectivity index (χ1v) is 4.07. The number of nitrogens with one attached hydrogen (secondary N) is 1. The molecule has 1 aromatic heterocycles. The van der Waals surface area contributed by atoms with Gasteiger partial charge < -0.3 is 5.32 Å².